The highest BCUT2D eigenvalue weighted by Crippen LogP contribution is 2.06. The van der Waals surface area contributed by atoms with Crippen LogP contribution in [0, 0.1) is 11.3 Å². The molecule has 10 heavy (non-hydrogen) atoms. The summed E-state index contributed by atoms with van der Waals surface area (Å²) in [7, 11) is 1.84. The molecule has 0 aromatic carbocycles. The third-order valence-corrected chi connectivity index (χ3v) is 1.38. The molecular formula is C8H8N2. The molecule has 0 unspecified atom stereocenters. The van der Waals surface area contributed by atoms with Crippen LogP contribution in [0.5, 0.6) is 0 Å². The van der Waals surface area contributed by atoms with Crippen molar-refractivity contribution in [3.63, 3.8) is 0 Å². The molecule has 0 aliphatic heterocycles. The predicted octanol–water partition coefficient (Wildman–Crippen LogP) is 1.54. The van der Waals surface area contributed by atoms with E-state index in [1.807, 2.05) is 13.2 Å². The second-order valence-electron chi connectivity index (χ2n) is 2.09. The minimum absolute atomic E-state index is 0.662. The quantitative estimate of drug-likeness (QED) is 0.569. The lowest BCUT2D eigenvalue weighted by Gasteiger charge is -1.87. The largest absolute Gasteiger partial charge is 0.342 e. The molecule has 0 N–H and O–H groups in total. The number of aromatic nitrogens is 1. The first-order valence-electron chi connectivity index (χ1n) is 2.97. The molecule has 0 aliphatic carbocycles. The molecule has 50 valence electrons. The highest BCUT2D eigenvalue weighted by Gasteiger charge is 1.96. The maximum Gasteiger partial charge on any atom is 0.120 e. The molecule has 0 aliphatic rings. The summed E-state index contributed by atoms with van der Waals surface area (Å²) in [5.41, 5.74) is 1.65. The molecule has 0 atom stereocenters. The van der Waals surface area contributed by atoms with Crippen LogP contribution in [0.2, 0.25) is 0 Å². The summed E-state index contributed by atoms with van der Waals surface area (Å²) >= 11 is 0. The molecule has 0 bridgehead atoms. The molecule has 0 radical (unpaired) electrons. The van der Waals surface area contributed by atoms with Crippen LogP contribution in [0.25, 0.3) is 6.08 Å². The first-order chi connectivity index (χ1) is 4.77. The Hall–Kier alpha value is -1.49. The van der Waals surface area contributed by atoms with E-state index in [-0.39, 0.29) is 0 Å². The second kappa shape index (κ2) is 2.40. The van der Waals surface area contributed by atoms with Crippen molar-refractivity contribution in [3.8, 4) is 6.07 Å². The van der Waals surface area contributed by atoms with Gasteiger partial charge in [0, 0.05) is 13.2 Å². The van der Waals surface area contributed by atoms with E-state index in [2.05, 4.69) is 12.6 Å². The van der Waals surface area contributed by atoms with Crippen LogP contribution in [0.3, 0.4) is 0 Å². The molecule has 1 aromatic rings. The Morgan fingerprint density at radius 2 is 2.50 bits per heavy atom. The maximum absolute atomic E-state index is 8.52. The molecule has 1 heterocycles. The monoisotopic (exact) mass is 132 g/mol. The number of aryl methyl sites for hydroxylation is 1. The molecule has 2 heteroatoms. The van der Waals surface area contributed by atoms with Crippen molar-refractivity contribution in [3.05, 3.63) is 30.1 Å². The fourth-order valence-corrected chi connectivity index (χ4v) is 0.813. The van der Waals surface area contributed by atoms with Crippen LogP contribution < -0.4 is 0 Å². The smallest absolute Gasteiger partial charge is 0.120 e. The summed E-state index contributed by atoms with van der Waals surface area (Å²) in [6, 6.07) is 3.86. The van der Waals surface area contributed by atoms with Crippen molar-refractivity contribution in [2.75, 3.05) is 0 Å². The third-order valence-electron chi connectivity index (χ3n) is 1.38. The Kier molecular flexibility index (Phi) is 1.59. The Morgan fingerprint density at radius 3 is 2.80 bits per heavy atom. The molecule has 0 spiro atoms. The predicted molar refractivity (Wildman–Crippen MR) is 40.2 cm³/mol. The van der Waals surface area contributed by atoms with E-state index in [1.54, 1.807) is 16.7 Å². The van der Waals surface area contributed by atoms with Gasteiger partial charge in [0.05, 0.1) is 0 Å². The van der Waals surface area contributed by atoms with E-state index in [1.165, 1.54) is 0 Å². The first kappa shape index (κ1) is 6.63. The summed E-state index contributed by atoms with van der Waals surface area (Å²) in [4.78, 5) is 0. The van der Waals surface area contributed by atoms with Gasteiger partial charge < -0.3 is 4.57 Å². The van der Waals surface area contributed by atoms with Gasteiger partial charge in [0.25, 0.3) is 0 Å². The standard InChI is InChI=1S/C8H8N2/c1-3-7-4-8(5-9)10(2)6-7/h3-4,6H,1H2,2H3. The zero-order valence-electron chi connectivity index (χ0n) is 5.83. The molecule has 0 saturated heterocycles. The molecular weight excluding hydrogens is 124 g/mol. The summed E-state index contributed by atoms with van der Waals surface area (Å²) in [6.07, 6.45) is 3.59. The van der Waals surface area contributed by atoms with Crippen molar-refractivity contribution in [2.45, 2.75) is 0 Å². The minimum Gasteiger partial charge on any atom is -0.342 e. The van der Waals surface area contributed by atoms with Gasteiger partial charge in [0.2, 0.25) is 0 Å². The number of hydrogen-bond donors (Lipinski definition) is 0. The average Bonchev–Trinajstić information content (AvgIpc) is 2.30. The fourth-order valence-electron chi connectivity index (χ4n) is 0.813. The third kappa shape index (κ3) is 0.939. The second-order valence-corrected chi connectivity index (χ2v) is 2.09. The molecule has 1 rings (SSSR count). The number of rotatable bonds is 1. The van der Waals surface area contributed by atoms with E-state index in [0.29, 0.717) is 5.69 Å². The van der Waals surface area contributed by atoms with Crippen molar-refractivity contribution in [1.82, 2.24) is 4.57 Å². The van der Waals surface area contributed by atoms with Gasteiger partial charge in [-0.15, -0.1) is 0 Å². The highest BCUT2D eigenvalue weighted by molar-refractivity contribution is 5.49. The topological polar surface area (TPSA) is 28.7 Å². The van der Waals surface area contributed by atoms with Gasteiger partial charge in [-0.25, -0.2) is 0 Å². The Morgan fingerprint density at radius 1 is 1.80 bits per heavy atom. The lowest BCUT2D eigenvalue weighted by molar-refractivity contribution is 0.907. The van der Waals surface area contributed by atoms with Gasteiger partial charge in [-0.1, -0.05) is 12.7 Å². The van der Waals surface area contributed by atoms with Gasteiger partial charge in [0.15, 0.2) is 0 Å². The van der Waals surface area contributed by atoms with Crippen molar-refractivity contribution in [1.29, 1.82) is 5.26 Å². The van der Waals surface area contributed by atoms with Crippen LogP contribution in [0.4, 0.5) is 0 Å². The Labute approximate surface area is 60.0 Å². The van der Waals surface area contributed by atoms with Crippen LogP contribution >= 0.6 is 0 Å². The zero-order chi connectivity index (χ0) is 7.56. The van der Waals surface area contributed by atoms with E-state index >= 15 is 0 Å². The van der Waals surface area contributed by atoms with Crippen molar-refractivity contribution >= 4 is 6.08 Å². The van der Waals surface area contributed by atoms with Crippen molar-refractivity contribution in [2.24, 2.45) is 7.05 Å². The normalized spacial score (nSPS) is 8.80. The molecule has 0 saturated carbocycles. The van der Waals surface area contributed by atoms with Crippen LogP contribution in [0.15, 0.2) is 18.8 Å². The lowest BCUT2D eigenvalue weighted by atomic mass is 10.3. The molecule has 0 fully saturated rings. The molecule has 1 aromatic heterocycles. The van der Waals surface area contributed by atoms with Crippen LogP contribution in [-0.4, -0.2) is 4.57 Å². The van der Waals surface area contributed by atoms with E-state index in [4.69, 9.17) is 5.26 Å². The van der Waals surface area contributed by atoms with Gasteiger partial charge in [0.1, 0.15) is 11.8 Å². The Bertz CT molecular complexity index is 289. The van der Waals surface area contributed by atoms with Crippen LogP contribution in [0.1, 0.15) is 11.3 Å². The Balaban J connectivity index is 3.19. The summed E-state index contributed by atoms with van der Waals surface area (Å²) in [5, 5.41) is 8.52. The lowest BCUT2D eigenvalue weighted by Crippen LogP contribution is -1.86. The maximum atomic E-state index is 8.52. The van der Waals surface area contributed by atoms with Gasteiger partial charge in [-0.05, 0) is 11.6 Å². The molecule has 2 nitrogen and oxygen atoms in total. The zero-order valence-corrected chi connectivity index (χ0v) is 5.83. The first-order valence-corrected chi connectivity index (χ1v) is 2.97. The SMILES string of the molecule is C=Cc1cc(C#N)n(C)c1. The number of nitrogens with zero attached hydrogens (tertiary/aromatic N) is 2. The van der Waals surface area contributed by atoms with E-state index in [9.17, 15) is 0 Å². The summed E-state index contributed by atoms with van der Waals surface area (Å²) < 4.78 is 1.77. The van der Waals surface area contributed by atoms with Gasteiger partial charge >= 0.3 is 0 Å². The number of hydrogen-bond acceptors (Lipinski definition) is 1. The highest BCUT2D eigenvalue weighted by atomic mass is 14.9. The van der Waals surface area contributed by atoms with Gasteiger partial charge in [-0.2, -0.15) is 5.26 Å². The average molecular weight is 132 g/mol. The van der Waals surface area contributed by atoms with Gasteiger partial charge in [-0.3, -0.25) is 0 Å². The van der Waals surface area contributed by atoms with Crippen LogP contribution in [-0.2, 0) is 7.05 Å². The van der Waals surface area contributed by atoms with E-state index in [0.717, 1.165) is 5.56 Å². The fraction of sp³-hybridized carbons (Fsp3) is 0.125. The van der Waals surface area contributed by atoms with Crippen molar-refractivity contribution < 1.29 is 0 Å². The minimum atomic E-state index is 0.662. The van der Waals surface area contributed by atoms with E-state index < -0.39 is 0 Å². The number of nitriles is 1. The molecule has 0 amide bonds. The summed E-state index contributed by atoms with van der Waals surface area (Å²) in [6.45, 7) is 3.60. The summed E-state index contributed by atoms with van der Waals surface area (Å²) in [5.74, 6) is 0.